The first-order chi connectivity index (χ1) is 7.51. The second-order valence-corrected chi connectivity index (χ2v) is 5.50. The fourth-order valence-electron chi connectivity index (χ4n) is 1.34. The van der Waals surface area contributed by atoms with Crippen LogP contribution < -0.4 is 5.32 Å². The van der Waals surface area contributed by atoms with Gasteiger partial charge in [0.05, 0.1) is 5.54 Å². The SMILES string of the molecule is CCSc1ccc(C(=O)C(C)(C)NC)cc1. The highest BCUT2D eigenvalue weighted by Gasteiger charge is 2.26. The van der Waals surface area contributed by atoms with E-state index in [0.29, 0.717) is 0 Å². The van der Waals surface area contributed by atoms with Gasteiger partial charge < -0.3 is 5.32 Å². The van der Waals surface area contributed by atoms with Gasteiger partial charge in [0.25, 0.3) is 0 Å². The average Bonchev–Trinajstić information content (AvgIpc) is 2.29. The lowest BCUT2D eigenvalue weighted by Gasteiger charge is -2.22. The van der Waals surface area contributed by atoms with Crippen LogP contribution in [0.15, 0.2) is 29.2 Å². The van der Waals surface area contributed by atoms with Crippen molar-refractivity contribution in [2.75, 3.05) is 12.8 Å². The predicted octanol–water partition coefficient (Wildman–Crippen LogP) is 2.98. The van der Waals surface area contributed by atoms with Crippen molar-refractivity contribution in [3.8, 4) is 0 Å². The van der Waals surface area contributed by atoms with E-state index in [1.165, 1.54) is 4.90 Å². The molecular formula is C13H19NOS. The normalized spacial score (nSPS) is 11.5. The Labute approximate surface area is 102 Å². The first-order valence-electron chi connectivity index (χ1n) is 5.48. The molecule has 0 unspecified atom stereocenters. The highest BCUT2D eigenvalue weighted by Crippen LogP contribution is 2.19. The molecule has 0 saturated heterocycles. The molecule has 0 amide bonds. The Bertz CT molecular complexity index is 357. The van der Waals surface area contributed by atoms with E-state index in [1.807, 2.05) is 38.1 Å². The Morgan fingerprint density at radius 3 is 2.31 bits per heavy atom. The van der Waals surface area contributed by atoms with E-state index in [4.69, 9.17) is 0 Å². The monoisotopic (exact) mass is 237 g/mol. The maximum Gasteiger partial charge on any atom is 0.182 e. The summed E-state index contributed by atoms with van der Waals surface area (Å²) < 4.78 is 0. The van der Waals surface area contributed by atoms with E-state index in [0.717, 1.165) is 11.3 Å². The molecular weight excluding hydrogens is 218 g/mol. The minimum Gasteiger partial charge on any atom is -0.308 e. The summed E-state index contributed by atoms with van der Waals surface area (Å²) >= 11 is 1.78. The molecule has 88 valence electrons. The van der Waals surface area contributed by atoms with Crippen molar-refractivity contribution >= 4 is 17.5 Å². The van der Waals surface area contributed by atoms with Crippen LogP contribution in [-0.2, 0) is 0 Å². The van der Waals surface area contributed by atoms with E-state index in [9.17, 15) is 4.79 Å². The summed E-state index contributed by atoms with van der Waals surface area (Å²) in [5, 5.41) is 3.02. The van der Waals surface area contributed by atoms with Crippen LogP contribution in [0.2, 0.25) is 0 Å². The van der Waals surface area contributed by atoms with Crippen molar-refractivity contribution in [3.05, 3.63) is 29.8 Å². The lowest BCUT2D eigenvalue weighted by molar-refractivity contribution is 0.0889. The minimum atomic E-state index is -0.501. The van der Waals surface area contributed by atoms with E-state index in [1.54, 1.807) is 18.8 Å². The van der Waals surface area contributed by atoms with Crippen molar-refractivity contribution in [2.24, 2.45) is 0 Å². The van der Waals surface area contributed by atoms with Gasteiger partial charge in [-0.05, 0) is 38.8 Å². The predicted molar refractivity (Wildman–Crippen MR) is 70.3 cm³/mol. The Morgan fingerprint density at radius 1 is 1.31 bits per heavy atom. The van der Waals surface area contributed by atoms with Gasteiger partial charge in [0.1, 0.15) is 0 Å². The van der Waals surface area contributed by atoms with Gasteiger partial charge in [0, 0.05) is 10.5 Å². The largest absolute Gasteiger partial charge is 0.308 e. The molecule has 0 atom stereocenters. The van der Waals surface area contributed by atoms with Crippen LogP contribution in [0, 0.1) is 0 Å². The second-order valence-electron chi connectivity index (χ2n) is 4.16. The highest BCUT2D eigenvalue weighted by molar-refractivity contribution is 7.99. The molecule has 0 spiro atoms. The fraction of sp³-hybridized carbons (Fsp3) is 0.462. The topological polar surface area (TPSA) is 29.1 Å². The van der Waals surface area contributed by atoms with E-state index < -0.39 is 5.54 Å². The number of carbonyl (C=O) groups excluding carboxylic acids is 1. The molecule has 0 aliphatic rings. The Hall–Kier alpha value is -0.800. The first-order valence-corrected chi connectivity index (χ1v) is 6.46. The average molecular weight is 237 g/mol. The van der Waals surface area contributed by atoms with Crippen LogP contribution in [0.4, 0.5) is 0 Å². The maximum atomic E-state index is 12.1. The zero-order valence-corrected chi connectivity index (χ0v) is 11.1. The van der Waals surface area contributed by atoms with Crippen molar-refractivity contribution in [1.82, 2.24) is 5.32 Å². The highest BCUT2D eigenvalue weighted by atomic mass is 32.2. The zero-order valence-electron chi connectivity index (χ0n) is 10.3. The number of hydrogen-bond acceptors (Lipinski definition) is 3. The van der Waals surface area contributed by atoms with Crippen molar-refractivity contribution in [2.45, 2.75) is 31.2 Å². The third-order valence-electron chi connectivity index (χ3n) is 2.62. The van der Waals surface area contributed by atoms with Crippen molar-refractivity contribution < 1.29 is 4.79 Å². The summed E-state index contributed by atoms with van der Waals surface area (Å²) in [5.41, 5.74) is 0.263. The van der Waals surface area contributed by atoms with Gasteiger partial charge in [0.15, 0.2) is 5.78 Å². The lowest BCUT2D eigenvalue weighted by Crippen LogP contribution is -2.44. The van der Waals surface area contributed by atoms with Gasteiger partial charge in [-0.15, -0.1) is 11.8 Å². The molecule has 0 saturated carbocycles. The smallest absolute Gasteiger partial charge is 0.182 e. The molecule has 16 heavy (non-hydrogen) atoms. The number of carbonyl (C=O) groups is 1. The molecule has 0 heterocycles. The van der Waals surface area contributed by atoms with E-state index in [2.05, 4.69) is 12.2 Å². The van der Waals surface area contributed by atoms with Crippen LogP contribution in [0.5, 0.6) is 0 Å². The number of Topliss-reactive ketones (excluding diaryl/α,β-unsaturated/α-hetero) is 1. The van der Waals surface area contributed by atoms with Crippen LogP contribution in [0.1, 0.15) is 31.1 Å². The standard InChI is InChI=1S/C13H19NOS/c1-5-16-11-8-6-10(7-9-11)12(15)13(2,3)14-4/h6-9,14H,5H2,1-4H3. The van der Waals surface area contributed by atoms with Crippen molar-refractivity contribution in [1.29, 1.82) is 0 Å². The third kappa shape index (κ3) is 3.09. The maximum absolute atomic E-state index is 12.1. The number of ketones is 1. The van der Waals surface area contributed by atoms with Gasteiger partial charge in [-0.25, -0.2) is 0 Å². The fourth-order valence-corrected chi connectivity index (χ4v) is 2.01. The summed E-state index contributed by atoms with van der Waals surface area (Å²) in [6.07, 6.45) is 0. The van der Waals surface area contributed by atoms with E-state index in [-0.39, 0.29) is 5.78 Å². The van der Waals surface area contributed by atoms with Gasteiger partial charge in [-0.3, -0.25) is 4.79 Å². The molecule has 1 aromatic rings. The van der Waals surface area contributed by atoms with Crippen LogP contribution in [0.3, 0.4) is 0 Å². The number of rotatable bonds is 5. The lowest BCUT2D eigenvalue weighted by atomic mass is 9.93. The number of nitrogens with one attached hydrogen (secondary N) is 1. The van der Waals surface area contributed by atoms with Gasteiger partial charge in [0.2, 0.25) is 0 Å². The molecule has 0 aliphatic heterocycles. The van der Waals surface area contributed by atoms with E-state index >= 15 is 0 Å². The second kappa shape index (κ2) is 5.51. The van der Waals surface area contributed by atoms with Gasteiger partial charge >= 0.3 is 0 Å². The molecule has 0 bridgehead atoms. The summed E-state index contributed by atoms with van der Waals surface area (Å²) in [5.74, 6) is 1.18. The molecule has 1 aromatic carbocycles. The van der Waals surface area contributed by atoms with Crippen molar-refractivity contribution in [3.63, 3.8) is 0 Å². The molecule has 1 rings (SSSR count). The molecule has 0 fully saturated rings. The van der Waals surface area contributed by atoms with Crippen LogP contribution in [0.25, 0.3) is 0 Å². The summed E-state index contributed by atoms with van der Waals surface area (Å²) in [6, 6.07) is 7.82. The Morgan fingerprint density at radius 2 is 1.88 bits per heavy atom. The summed E-state index contributed by atoms with van der Waals surface area (Å²) in [6.45, 7) is 5.90. The van der Waals surface area contributed by atoms with Gasteiger partial charge in [-0.2, -0.15) is 0 Å². The first kappa shape index (κ1) is 13.3. The van der Waals surface area contributed by atoms with Crippen LogP contribution in [-0.4, -0.2) is 24.1 Å². The molecule has 0 radical (unpaired) electrons. The third-order valence-corrected chi connectivity index (χ3v) is 3.51. The Balaban J connectivity index is 2.86. The van der Waals surface area contributed by atoms with Gasteiger partial charge in [-0.1, -0.05) is 19.1 Å². The number of thioether (sulfide) groups is 1. The summed E-state index contributed by atoms with van der Waals surface area (Å²) in [7, 11) is 1.80. The number of benzene rings is 1. The van der Waals surface area contributed by atoms with Crippen LogP contribution >= 0.6 is 11.8 Å². The summed E-state index contributed by atoms with van der Waals surface area (Å²) in [4.78, 5) is 13.3. The zero-order chi connectivity index (χ0) is 12.2. The molecule has 0 aromatic heterocycles. The number of hydrogen-bond donors (Lipinski definition) is 1. The molecule has 0 aliphatic carbocycles. The molecule has 2 nitrogen and oxygen atoms in total. The molecule has 1 N–H and O–H groups in total. The number of likely N-dealkylation sites (N-methyl/N-ethyl adjacent to an activating group) is 1. The minimum absolute atomic E-state index is 0.128. The Kier molecular flexibility index (Phi) is 4.56. The quantitative estimate of drug-likeness (QED) is 0.630. The molecule has 3 heteroatoms.